The molecule has 0 saturated carbocycles. The molecule has 1 heterocycles. The number of hydrogen-bond donors (Lipinski definition) is 2. The SMILES string of the molecule is COc1ccc(NC2=C(c3ccc(NC(C)=O)cc3)C(=O)N(C)C2=O)c(OC)c1. The summed E-state index contributed by atoms with van der Waals surface area (Å²) in [6.45, 7) is 1.41. The number of nitrogens with zero attached hydrogens (tertiary/aromatic N) is 1. The molecule has 2 aromatic carbocycles. The molecule has 0 radical (unpaired) electrons. The number of rotatable bonds is 6. The molecule has 29 heavy (non-hydrogen) atoms. The average molecular weight is 395 g/mol. The number of imide groups is 1. The van der Waals surface area contributed by atoms with E-state index in [0.29, 0.717) is 28.4 Å². The van der Waals surface area contributed by atoms with Gasteiger partial charge < -0.3 is 20.1 Å². The van der Waals surface area contributed by atoms with Crippen LogP contribution in [0, 0.1) is 0 Å². The first-order valence-electron chi connectivity index (χ1n) is 8.79. The molecule has 0 fully saturated rings. The molecule has 8 heteroatoms. The maximum Gasteiger partial charge on any atom is 0.277 e. The number of likely N-dealkylation sites (N-methyl/N-ethyl adjacent to an activating group) is 1. The van der Waals surface area contributed by atoms with Crippen LogP contribution in [0.3, 0.4) is 0 Å². The van der Waals surface area contributed by atoms with Gasteiger partial charge in [-0.2, -0.15) is 0 Å². The zero-order chi connectivity index (χ0) is 21.1. The zero-order valence-corrected chi connectivity index (χ0v) is 16.5. The maximum atomic E-state index is 12.7. The molecule has 1 aliphatic heterocycles. The Morgan fingerprint density at radius 1 is 0.966 bits per heavy atom. The first-order chi connectivity index (χ1) is 13.8. The highest BCUT2D eigenvalue weighted by molar-refractivity contribution is 6.36. The summed E-state index contributed by atoms with van der Waals surface area (Å²) in [6.07, 6.45) is 0. The summed E-state index contributed by atoms with van der Waals surface area (Å²) in [5.74, 6) is -0.00282. The van der Waals surface area contributed by atoms with E-state index in [1.54, 1.807) is 49.6 Å². The number of hydrogen-bond acceptors (Lipinski definition) is 6. The lowest BCUT2D eigenvalue weighted by Gasteiger charge is -2.13. The van der Waals surface area contributed by atoms with Crippen LogP contribution in [0.2, 0.25) is 0 Å². The summed E-state index contributed by atoms with van der Waals surface area (Å²) in [7, 11) is 4.47. The Balaban J connectivity index is 2.03. The molecule has 8 nitrogen and oxygen atoms in total. The fourth-order valence-corrected chi connectivity index (χ4v) is 2.99. The van der Waals surface area contributed by atoms with Crippen LogP contribution in [0.1, 0.15) is 12.5 Å². The van der Waals surface area contributed by atoms with Crippen molar-refractivity contribution in [1.29, 1.82) is 0 Å². The minimum Gasteiger partial charge on any atom is -0.497 e. The highest BCUT2D eigenvalue weighted by Gasteiger charge is 2.37. The lowest BCUT2D eigenvalue weighted by Crippen LogP contribution is -2.27. The molecule has 0 unspecified atom stereocenters. The Labute approximate surface area is 168 Å². The number of ether oxygens (including phenoxy) is 2. The molecule has 150 valence electrons. The number of carbonyl (C=O) groups excluding carboxylic acids is 3. The van der Waals surface area contributed by atoms with E-state index in [9.17, 15) is 14.4 Å². The third kappa shape index (κ3) is 3.91. The molecule has 0 spiro atoms. The van der Waals surface area contributed by atoms with Crippen molar-refractivity contribution in [2.24, 2.45) is 0 Å². The highest BCUT2D eigenvalue weighted by Crippen LogP contribution is 2.34. The smallest absolute Gasteiger partial charge is 0.277 e. The molecule has 1 aliphatic rings. The van der Waals surface area contributed by atoms with Crippen molar-refractivity contribution in [3.63, 3.8) is 0 Å². The monoisotopic (exact) mass is 395 g/mol. The Morgan fingerprint density at radius 2 is 1.66 bits per heavy atom. The Bertz CT molecular complexity index is 1010. The second kappa shape index (κ2) is 8.05. The third-order valence-electron chi connectivity index (χ3n) is 4.45. The van der Waals surface area contributed by atoms with E-state index in [2.05, 4.69) is 10.6 Å². The van der Waals surface area contributed by atoms with Crippen molar-refractivity contribution < 1.29 is 23.9 Å². The fraction of sp³-hybridized carbons (Fsp3) is 0.190. The quantitative estimate of drug-likeness (QED) is 0.730. The molecule has 2 aromatic rings. The summed E-state index contributed by atoms with van der Waals surface area (Å²) in [5.41, 5.74) is 2.06. The van der Waals surface area contributed by atoms with Crippen LogP contribution in [0.25, 0.3) is 5.57 Å². The van der Waals surface area contributed by atoms with E-state index >= 15 is 0 Å². The molecule has 0 bridgehead atoms. The van der Waals surface area contributed by atoms with Gasteiger partial charge in [-0.25, -0.2) is 0 Å². The standard InChI is InChI=1S/C21H21N3O5/c1-12(25)22-14-7-5-13(6-8-14)18-19(21(27)24(2)20(18)26)23-16-10-9-15(28-3)11-17(16)29-4/h5-11,23H,1-4H3,(H,22,25). The van der Waals surface area contributed by atoms with Gasteiger partial charge in [-0.15, -0.1) is 0 Å². The molecule has 2 N–H and O–H groups in total. The van der Waals surface area contributed by atoms with Gasteiger partial charge in [0.25, 0.3) is 11.8 Å². The van der Waals surface area contributed by atoms with Crippen molar-refractivity contribution in [1.82, 2.24) is 4.90 Å². The van der Waals surface area contributed by atoms with Crippen LogP contribution in [0.15, 0.2) is 48.2 Å². The van der Waals surface area contributed by atoms with E-state index in [4.69, 9.17) is 9.47 Å². The summed E-state index contributed by atoms with van der Waals surface area (Å²) < 4.78 is 10.6. The van der Waals surface area contributed by atoms with E-state index in [1.807, 2.05) is 0 Å². The van der Waals surface area contributed by atoms with Crippen molar-refractivity contribution in [3.05, 3.63) is 53.7 Å². The number of carbonyl (C=O) groups is 3. The fourth-order valence-electron chi connectivity index (χ4n) is 2.99. The minimum absolute atomic E-state index is 0.147. The van der Waals surface area contributed by atoms with Crippen LogP contribution >= 0.6 is 0 Å². The van der Waals surface area contributed by atoms with Gasteiger partial charge >= 0.3 is 0 Å². The normalized spacial score (nSPS) is 13.6. The number of nitrogens with one attached hydrogen (secondary N) is 2. The predicted octanol–water partition coefficient (Wildman–Crippen LogP) is 2.48. The lowest BCUT2D eigenvalue weighted by atomic mass is 10.0. The van der Waals surface area contributed by atoms with Crippen LogP contribution in [0.5, 0.6) is 11.5 Å². The van der Waals surface area contributed by atoms with Crippen LogP contribution in [0.4, 0.5) is 11.4 Å². The summed E-state index contributed by atoms with van der Waals surface area (Å²) in [5, 5.41) is 5.70. The first-order valence-corrected chi connectivity index (χ1v) is 8.79. The number of amides is 3. The second-order valence-corrected chi connectivity index (χ2v) is 6.37. The Hall–Kier alpha value is -3.81. The summed E-state index contributed by atoms with van der Waals surface area (Å²) in [4.78, 5) is 37.7. The molecular weight excluding hydrogens is 374 g/mol. The highest BCUT2D eigenvalue weighted by atomic mass is 16.5. The van der Waals surface area contributed by atoms with Gasteiger partial charge in [-0.3, -0.25) is 19.3 Å². The predicted molar refractivity (Wildman–Crippen MR) is 109 cm³/mol. The van der Waals surface area contributed by atoms with Gasteiger partial charge in [-0.05, 0) is 29.8 Å². The first kappa shape index (κ1) is 19.9. The number of anilines is 2. The van der Waals surface area contributed by atoms with Crippen LogP contribution < -0.4 is 20.1 Å². The van der Waals surface area contributed by atoms with Gasteiger partial charge in [-0.1, -0.05) is 12.1 Å². The Kier molecular flexibility index (Phi) is 5.54. The number of benzene rings is 2. The van der Waals surface area contributed by atoms with E-state index in [0.717, 1.165) is 4.90 Å². The summed E-state index contributed by atoms with van der Waals surface area (Å²) >= 11 is 0. The van der Waals surface area contributed by atoms with Gasteiger partial charge in [0.05, 0.1) is 25.5 Å². The van der Waals surface area contributed by atoms with Gasteiger partial charge in [0.1, 0.15) is 17.2 Å². The zero-order valence-electron chi connectivity index (χ0n) is 16.5. The Morgan fingerprint density at radius 3 is 2.24 bits per heavy atom. The van der Waals surface area contributed by atoms with E-state index in [-0.39, 0.29) is 17.2 Å². The molecular formula is C21H21N3O5. The molecule has 3 rings (SSSR count). The van der Waals surface area contributed by atoms with Crippen molar-refractivity contribution in [2.45, 2.75) is 6.92 Å². The average Bonchev–Trinajstić information content (AvgIpc) is 2.92. The molecule has 0 aliphatic carbocycles. The molecule has 0 saturated heterocycles. The largest absolute Gasteiger partial charge is 0.497 e. The topological polar surface area (TPSA) is 97.0 Å². The maximum absolute atomic E-state index is 12.7. The van der Waals surface area contributed by atoms with Gasteiger partial charge in [0.15, 0.2) is 0 Å². The van der Waals surface area contributed by atoms with E-state index < -0.39 is 11.8 Å². The summed E-state index contributed by atoms with van der Waals surface area (Å²) in [6, 6.07) is 11.8. The molecule has 0 atom stereocenters. The van der Waals surface area contributed by atoms with Crippen molar-refractivity contribution in [2.75, 3.05) is 31.9 Å². The second-order valence-electron chi connectivity index (χ2n) is 6.37. The number of methoxy groups -OCH3 is 2. The molecule has 3 amide bonds. The third-order valence-corrected chi connectivity index (χ3v) is 4.45. The minimum atomic E-state index is -0.450. The van der Waals surface area contributed by atoms with Gasteiger partial charge in [0, 0.05) is 25.7 Å². The van der Waals surface area contributed by atoms with Crippen LogP contribution in [-0.4, -0.2) is 43.9 Å². The van der Waals surface area contributed by atoms with Crippen LogP contribution in [-0.2, 0) is 14.4 Å². The van der Waals surface area contributed by atoms with Crippen molar-refractivity contribution >= 4 is 34.7 Å². The van der Waals surface area contributed by atoms with Crippen molar-refractivity contribution in [3.8, 4) is 11.5 Å². The van der Waals surface area contributed by atoms with Gasteiger partial charge in [0.2, 0.25) is 5.91 Å². The lowest BCUT2D eigenvalue weighted by molar-refractivity contribution is -0.135. The van der Waals surface area contributed by atoms with E-state index in [1.165, 1.54) is 21.1 Å². The molecule has 0 aromatic heterocycles.